The SMILES string of the molecule is [CH2-]CCCC1=[N+]2C(=C(c3c(C)cc(O)cc3C)c3c(C)c(C(=O)OCC)c(C)n3[B-]2(F)F)C(C)=C1C(=O)OCC. The quantitative estimate of drug-likeness (QED) is 0.248. The Morgan fingerprint density at radius 2 is 1.60 bits per heavy atom. The molecule has 0 spiro atoms. The second kappa shape index (κ2) is 10.7. The number of benzene rings is 1. The number of halogens is 2. The minimum atomic E-state index is -4.55. The molecule has 40 heavy (non-hydrogen) atoms. The molecule has 1 aromatic heterocycles. The number of fused-ring (bicyclic) bond motifs is 2. The van der Waals surface area contributed by atoms with Gasteiger partial charge in [0.15, 0.2) is 5.70 Å². The largest absolute Gasteiger partial charge is 0.737 e. The van der Waals surface area contributed by atoms with E-state index in [1.54, 1.807) is 53.7 Å². The number of aromatic hydroxyl groups is 1. The molecule has 2 aliphatic heterocycles. The third-order valence-corrected chi connectivity index (χ3v) is 7.73. The number of unbranched alkanes of at least 4 members (excludes halogenated alkanes) is 1. The first-order chi connectivity index (χ1) is 18.8. The number of carbonyl (C=O) groups is 2. The van der Waals surface area contributed by atoms with Crippen molar-refractivity contribution < 1.29 is 37.3 Å². The van der Waals surface area contributed by atoms with Crippen molar-refractivity contribution in [2.45, 2.75) is 67.7 Å². The van der Waals surface area contributed by atoms with Crippen molar-refractivity contribution in [3.8, 4) is 5.75 Å². The van der Waals surface area contributed by atoms with E-state index in [1.807, 2.05) is 0 Å². The average Bonchev–Trinajstić information content (AvgIpc) is 3.30. The molecule has 0 aliphatic carbocycles. The number of nitrogens with zero attached hydrogens (tertiary/aromatic N) is 2. The van der Waals surface area contributed by atoms with Crippen LogP contribution in [0.15, 0.2) is 29.0 Å². The van der Waals surface area contributed by atoms with Gasteiger partial charge in [0.2, 0.25) is 0 Å². The van der Waals surface area contributed by atoms with Crippen LogP contribution in [0.4, 0.5) is 8.63 Å². The lowest BCUT2D eigenvalue weighted by molar-refractivity contribution is -0.364. The highest BCUT2D eigenvalue weighted by atomic mass is 19.2. The molecule has 10 heteroatoms. The zero-order valence-electron chi connectivity index (χ0n) is 24.2. The standard InChI is InChI=1S/C30H36BF2N2O5/c1-9-12-13-22-25(30(38)40-11-3)19(7)28-26(23-16(4)14-21(36)15-17(23)5)27-18(6)24(29(37)39-10-2)20(8)34(27)31(32,33)35(22)28/h14-15,36H,1,9-13H2,2-8H3/q-1. The second-order valence-electron chi connectivity index (χ2n) is 10.3. The number of ether oxygens (including phenoxy) is 2. The fraction of sp³-hybridized carbons (Fsp3) is 0.400. The summed E-state index contributed by atoms with van der Waals surface area (Å²) < 4.78 is 46.5. The number of aryl methyl sites for hydroxylation is 2. The van der Waals surface area contributed by atoms with Crippen molar-refractivity contribution >= 4 is 30.2 Å². The van der Waals surface area contributed by atoms with Gasteiger partial charge in [-0.25, -0.2) is 9.59 Å². The second-order valence-corrected chi connectivity index (χ2v) is 10.3. The molecule has 4 rings (SSSR count). The van der Waals surface area contributed by atoms with E-state index >= 15 is 8.63 Å². The van der Waals surface area contributed by atoms with Crippen LogP contribution in [-0.2, 0) is 14.3 Å². The van der Waals surface area contributed by atoms with Crippen molar-refractivity contribution in [1.82, 2.24) is 4.48 Å². The predicted octanol–water partition coefficient (Wildman–Crippen LogP) is 5.95. The number of rotatable bonds is 8. The maximum atomic E-state index is 17.0. The molecule has 0 radical (unpaired) electrons. The van der Waals surface area contributed by atoms with Crippen LogP contribution in [0.5, 0.6) is 5.75 Å². The summed E-state index contributed by atoms with van der Waals surface area (Å²) >= 11 is 0. The van der Waals surface area contributed by atoms with Gasteiger partial charge in [0.1, 0.15) is 17.0 Å². The molecule has 0 unspecified atom stereocenters. The lowest BCUT2D eigenvalue weighted by Gasteiger charge is -2.35. The topological polar surface area (TPSA) is 80.8 Å². The minimum absolute atomic E-state index is 0.0515. The molecule has 2 aliphatic rings. The summed E-state index contributed by atoms with van der Waals surface area (Å²) in [6, 6.07) is 3.15. The van der Waals surface area contributed by atoms with E-state index in [2.05, 4.69) is 6.92 Å². The molecular weight excluding hydrogens is 517 g/mol. The van der Waals surface area contributed by atoms with Gasteiger partial charge in [-0.2, -0.15) is 6.42 Å². The average molecular weight is 553 g/mol. The third-order valence-electron chi connectivity index (χ3n) is 7.73. The van der Waals surface area contributed by atoms with E-state index in [-0.39, 0.29) is 59.3 Å². The van der Waals surface area contributed by atoms with Gasteiger partial charge < -0.3 is 39.1 Å². The highest BCUT2D eigenvalue weighted by molar-refractivity contribution is 6.59. The van der Waals surface area contributed by atoms with Crippen LogP contribution in [-0.4, -0.2) is 51.9 Å². The summed E-state index contributed by atoms with van der Waals surface area (Å²) in [6.45, 7) is 11.3. The molecule has 214 valence electrons. The van der Waals surface area contributed by atoms with Crippen LogP contribution in [0.1, 0.15) is 84.0 Å². The van der Waals surface area contributed by atoms with E-state index in [0.717, 1.165) is 8.96 Å². The third kappa shape index (κ3) is 4.28. The van der Waals surface area contributed by atoms with Crippen molar-refractivity contribution in [3.05, 3.63) is 75.1 Å². The fourth-order valence-corrected chi connectivity index (χ4v) is 6.29. The van der Waals surface area contributed by atoms with Crippen LogP contribution in [0.3, 0.4) is 0 Å². The number of hydrogen-bond donors (Lipinski definition) is 1. The van der Waals surface area contributed by atoms with E-state index in [0.29, 0.717) is 46.2 Å². The number of esters is 2. The molecule has 1 N–H and O–H groups in total. The highest BCUT2D eigenvalue weighted by Crippen LogP contribution is 2.48. The zero-order valence-corrected chi connectivity index (χ0v) is 24.2. The molecule has 0 amide bonds. The van der Waals surface area contributed by atoms with E-state index in [4.69, 9.17) is 9.47 Å². The summed E-state index contributed by atoms with van der Waals surface area (Å²) in [7, 11) is 0. The number of hydrogen-bond acceptors (Lipinski definition) is 5. The summed E-state index contributed by atoms with van der Waals surface area (Å²) in [6.07, 6.45) is 1.17. The Labute approximate surface area is 233 Å². The van der Waals surface area contributed by atoms with Crippen molar-refractivity contribution in [2.24, 2.45) is 0 Å². The number of carbonyl (C=O) groups excluding carboxylic acids is 2. The maximum absolute atomic E-state index is 17.0. The van der Waals surface area contributed by atoms with Crippen LogP contribution in [0.2, 0.25) is 0 Å². The maximum Gasteiger partial charge on any atom is 0.737 e. The first kappa shape index (κ1) is 29.3. The number of phenols is 1. The Balaban J connectivity index is 2.27. The Morgan fingerprint density at radius 1 is 1.02 bits per heavy atom. The normalized spacial score (nSPS) is 15.9. The molecule has 0 atom stereocenters. The predicted molar refractivity (Wildman–Crippen MR) is 151 cm³/mol. The number of aromatic nitrogens is 1. The van der Waals surface area contributed by atoms with Crippen molar-refractivity contribution in [1.29, 1.82) is 0 Å². The lowest BCUT2D eigenvalue weighted by atomic mass is 9.81. The lowest BCUT2D eigenvalue weighted by Crippen LogP contribution is -2.52. The number of phenolic OH excluding ortho intramolecular Hbond substituents is 1. The summed E-state index contributed by atoms with van der Waals surface area (Å²) in [5, 5.41) is 10.3. The van der Waals surface area contributed by atoms with E-state index in [9.17, 15) is 14.7 Å². The first-order valence-corrected chi connectivity index (χ1v) is 13.6. The van der Waals surface area contributed by atoms with Gasteiger partial charge in [-0.3, -0.25) is 0 Å². The van der Waals surface area contributed by atoms with Crippen LogP contribution < -0.4 is 0 Å². The molecule has 1 aromatic carbocycles. The number of allylic oxidation sites excluding steroid dienone is 1. The molecule has 0 bridgehead atoms. The molecule has 2 aromatic rings. The molecule has 0 saturated heterocycles. The molecule has 0 fully saturated rings. The van der Waals surface area contributed by atoms with Crippen molar-refractivity contribution in [2.75, 3.05) is 13.2 Å². The Morgan fingerprint density at radius 3 is 2.15 bits per heavy atom. The van der Waals surface area contributed by atoms with Gasteiger partial charge in [-0.1, -0.05) is 6.42 Å². The molecule has 7 nitrogen and oxygen atoms in total. The fourth-order valence-electron chi connectivity index (χ4n) is 6.29. The molecule has 0 saturated carbocycles. The van der Waals surface area contributed by atoms with Crippen LogP contribution >= 0.6 is 0 Å². The van der Waals surface area contributed by atoms with E-state index in [1.165, 1.54) is 6.92 Å². The first-order valence-electron chi connectivity index (χ1n) is 13.6. The monoisotopic (exact) mass is 553 g/mol. The summed E-state index contributed by atoms with van der Waals surface area (Å²) in [4.78, 5) is 26.3. The Bertz CT molecular complexity index is 1510. The Kier molecular flexibility index (Phi) is 7.84. The Hall–Kier alpha value is -3.69. The molecule has 3 heterocycles. The molecular formula is C30H36BF2N2O5-. The van der Waals surface area contributed by atoms with Crippen LogP contribution in [0.25, 0.3) is 5.57 Å². The van der Waals surface area contributed by atoms with Gasteiger partial charge in [0.25, 0.3) is 0 Å². The van der Waals surface area contributed by atoms with Gasteiger partial charge in [-0.05, 0) is 88.5 Å². The summed E-state index contributed by atoms with van der Waals surface area (Å²) in [5.74, 6) is -1.28. The van der Waals surface area contributed by atoms with Crippen molar-refractivity contribution in [3.63, 3.8) is 0 Å². The highest BCUT2D eigenvalue weighted by Gasteiger charge is 2.59. The van der Waals surface area contributed by atoms with Crippen LogP contribution in [0, 0.1) is 34.6 Å². The zero-order chi connectivity index (χ0) is 29.7. The van der Waals surface area contributed by atoms with Gasteiger partial charge >= 0.3 is 18.9 Å². The minimum Gasteiger partial charge on any atom is -0.508 e. The summed E-state index contributed by atoms with van der Waals surface area (Å²) in [5.41, 5.74) is 4.05. The van der Waals surface area contributed by atoms with Gasteiger partial charge in [0.05, 0.1) is 24.4 Å². The van der Waals surface area contributed by atoms with Gasteiger partial charge in [0, 0.05) is 17.7 Å². The van der Waals surface area contributed by atoms with E-state index < -0.39 is 18.9 Å². The smallest absolute Gasteiger partial charge is 0.508 e. The van der Waals surface area contributed by atoms with Gasteiger partial charge in [-0.15, -0.1) is 0 Å².